The van der Waals surface area contributed by atoms with E-state index in [9.17, 15) is 9.90 Å². The van der Waals surface area contributed by atoms with Crippen LogP contribution in [0.2, 0.25) is 0 Å². The number of amides is 1. The average Bonchev–Trinajstić information content (AvgIpc) is 2.37. The fourth-order valence-corrected chi connectivity index (χ4v) is 1.55. The first kappa shape index (κ1) is 12.0. The van der Waals surface area contributed by atoms with Crippen LogP contribution in [0.4, 0.5) is 5.69 Å². The monoisotopic (exact) mass is 243 g/mol. The molecule has 1 amide bonds. The Kier molecular flexibility index (Phi) is 3.23. The molecular weight excluding hydrogens is 230 g/mol. The van der Waals surface area contributed by atoms with Crippen LogP contribution in [0.15, 0.2) is 30.9 Å². The van der Waals surface area contributed by atoms with Gasteiger partial charge in [-0.25, -0.2) is 9.97 Å². The molecule has 0 radical (unpaired) electrons. The van der Waals surface area contributed by atoms with E-state index in [1.165, 1.54) is 18.7 Å². The van der Waals surface area contributed by atoms with E-state index >= 15 is 0 Å². The first-order valence-corrected chi connectivity index (χ1v) is 5.44. The Labute approximate surface area is 105 Å². The normalized spacial score (nSPS) is 10.1. The standard InChI is InChI=1S/C13H13N3O2/c1-8-4-12(17)9(2)3-11(8)16-13(18)10-5-14-7-15-6-10/h3-7,17H,1-2H3,(H,16,18). The lowest BCUT2D eigenvalue weighted by molar-refractivity contribution is 0.102. The Bertz CT molecular complexity index is 582. The van der Waals surface area contributed by atoms with Crippen molar-refractivity contribution in [2.45, 2.75) is 13.8 Å². The van der Waals surface area contributed by atoms with Gasteiger partial charge in [-0.05, 0) is 37.1 Å². The number of carbonyl (C=O) groups is 1. The van der Waals surface area contributed by atoms with E-state index in [4.69, 9.17) is 0 Å². The number of hydrogen-bond donors (Lipinski definition) is 2. The summed E-state index contributed by atoms with van der Waals surface area (Å²) in [6, 6.07) is 3.35. The van der Waals surface area contributed by atoms with Crippen molar-refractivity contribution >= 4 is 11.6 Å². The summed E-state index contributed by atoms with van der Waals surface area (Å²) in [6.07, 6.45) is 4.27. The topological polar surface area (TPSA) is 75.1 Å². The van der Waals surface area contributed by atoms with E-state index in [1.54, 1.807) is 19.1 Å². The van der Waals surface area contributed by atoms with Crippen LogP contribution in [0, 0.1) is 13.8 Å². The third-order valence-corrected chi connectivity index (χ3v) is 2.61. The van der Waals surface area contributed by atoms with Gasteiger partial charge < -0.3 is 10.4 Å². The average molecular weight is 243 g/mol. The van der Waals surface area contributed by atoms with Crippen LogP contribution in [0.5, 0.6) is 5.75 Å². The lowest BCUT2D eigenvalue weighted by atomic mass is 10.1. The van der Waals surface area contributed by atoms with Crippen LogP contribution in [-0.4, -0.2) is 21.0 Å². The quantitative estimate of drug-likeness (QED) is 0.791. The Hall–Kier alpha value is -2.43. The maximum Gasteiger partial charge on any atom is 0.258 e. The first-order valence-electron chi connectivity index (χ1n) is 5.44. The lowest BCUT2D eigenvalue weighted by Gasteiger charge is -2.10. The molecule has 0 saturated carbocycles. The summed E-state index contributed by atoms with van der Waals surface area (Å²) in [4.78, 5) is 19.5. The number of hydrogen-bond acceptors (Lipinski definition) is 4. The zero-order valence-corrected chi connectivity index (χ0v) is 10.1. The summed E-state index contributed by atoms with van der Waals surface area (Å²) in [5.41, 5.74) is 2.56. The zero-order valence-electron chi connectivity index (χ0n) is 10.1. The molecule has 0 aliphatic rings. The maximum absolute atomic E-state index is 11.9. The van der Waals surface area contributed by atoms with Crippen molar-refractivity contribution in [1.29, 1.82) is 0 Å². The summed E-state index contributed by atoms with van der Waals surface area (Å²) in [7, 11) is 0. The van der Waals surface area contributed by atoms with E-state index in [0.717, 1.165) is 5.56 Å². The molecule has 0 unspecified atom stereocenters. The van der Waals surface area contributed by atoms with E-state index in [0.29, 0.717) is 16.8 Å². The van der Waals surface area contributed by atoms with Gasteiger partial charge in [0.2, 0.25) is 0 Å². The van der Waals surface area contributed by atoms with Gasteiger partial charge in [-0.2, -0.15) is 0 Å². The molecule has 0 bridgehead atoms. The van der Waals surface area contributed by atoms with E-state index in [1.807, 2.05) is 6.92 Å². The highest BCUT2D eigenvalue weighted by molar-refractivity contribution is 6.04. The van der Waals surface area contributed by atoms with Crippen molar-refractivity contribution in [1.82, 2.24) is 9.97 Å². The number of anilines is 1. The second kappa shape index (κ2) is 4.83. The molecule has 0 aliphatic heterocycles. The number of rotatable bonds is 2. The molecule has 0 spiro atoms. The molecule has 5 nitrogen and oxygen atoms in total. The smallest absolute Gasteiger partial charge is 0.258 e. The maximum atomic E-state index is 11.9. The van der Waals surface area contributed by atoms with Gasteiger partial charge in [-0.15, -0.1) is 0 Å². The van der Waals surface area contributed by atoms with Gasteiger partial charge in [-0.1, -0.05) is 0 Å². The Morgan fingerprint density at radius 2 is 1.83 bits per heavy atom. The number of benzene rings is 1. The molecule has 0 atom stereocenters. The molecule has 18 heavy (non-hydrogen) atoms. The van der Waals surface area contributed by atoms with Crippen molar-refractivity contribution in [2.75, 3.05) is 5.32 Å². The molecule has 0 saturated heterocycles. The van der Waals surface area contributed by atoms with E-state index in [2.05, 4.69) is 15.3 Å². The SMILES string of the molecule is Cc1cc(NC(=O)c2cncnc2)c(C)cc1O. The first-order chi connectivity index (χ1) is 8.58. The second-order valence-electron chi connectivity index (χ2n) is 4.03. The Morgan fingerprint density at radius 1 is 1.17 bits per heavy atom. The summed E-state index contributed by atoms with van der Waals surface area (Å²) in [6.45, 7) is 3.59. The molecular formula is C13H13N3O2. The van der Waals surface area contributed by atoms with Crippen molar-refractivity contribution in [3.8, 4) is 5.75 Å². The Morgan fingerprint density at radius 3 is 2.50 bits per heavy atom. The molecule has 1 heterocycles. The van der Waals surface area contributed by atoms with Crippen LogP contribution in [-0.2, 0) is 0 Å². The minimum atomic E-state index is -0.274. The third-order valence-electron chi connectivity index (χ3n) is 2.61. The number of aryl methyl sites for hydroxylation is 2. The minimum absolute atomic E-state index is 0.216. The highest BCUT2D eigenvalue weighted by atomic mass is 16.3. The summed E-state index contributed by atoms with van der Waals surface area (Å²) >= 11 is 0. The number of aromatic nitrogens is 2. The Balaban J connectivity index is 2.25. The summed E-state index contributed by atoms with van der Waals surface area (Å²) in [5.74, 6) is -0.0580. The third kappa shape index (κ3) is 2.45. The number of nitrogens with one attached hydrogen (secondary N) is 1. The van der Waals surface area contributed by atoms with Gasteiger partial charge in [0.15, 0.2) is 0 Å². The summed E-state index contributed by atoms with van der Waals surface area (Å²) in [5, 5.41) is 12.3. The second-order valence-corrected chi connectivity index (χ2v) is 4.03. The number of carbonyl (C=O) groups excluding carboxylic acids is 1. The molecule has 1 aromatic carbocycles. The van der Waals surface area contributed by atoms with Crippen LogP contribution >= 0.6 is 0 Å². The predicted molar refractivity (Wildman–Crippen MR) is 67.6 cm³/mol. The van der Waals surface area contributed by atoms with Crippen LogP contribution in [0.3, 0.4) is 0 Å². The molecule has 0 fully saturated rings. The predicted octanol–water partition coefficient (Wildman–Crippen LogP) is 2.05. The van der Waals surface area contributed by atoms with E-state index in [-0.39, 0.29) is 11.7 Å². The molecule has 1 aromatic heterocycles. The van der Waals surface area contributed by atoms with Crippen molar-refractivity contribution < 1.29 is 9.90 Å². The number of aromatic hydroxyl groups is 1. The van der Waals surface area contributed by atoms with Gasteiger partial charge in [0.05, 0.1) is 5.56 Å². The fraction of sp³-hybridized carbons (Fsp3) is 0.154. The molecule has 92 valence electrons. The largest absolute Gasteiger partial charge is 0.508 e. The van der Waals surface area contributed by atoms with Gasteiger partial charge in [-0.3, -0.25) is 4.79 Å². The highest BCUT2D eigenvalue weighted by Gasteiger charge is 2.09. The molecule has 2 aromatic rings. The zero-order chi connectivity index (χ0) is 13.1. The van der Waals surface area contributed by atoms with Crippen LogP contribution in [0.1, 0.15) is 21.5 Å². The number of phenolic OH excluding ortho intramolecular Hbond substituents is 1. The van der Waals surface area contributed by atoms with E-state index < -0.39 is 0 Å². The van der Waals surface area contributed by atoms with Crippen molar-refractivity contribution in [3.05, 3.63) is 47.5 Å². The highest BCUT2D eigenvalue weighted by Crippen LogP contribution is 2.25. The van der Waals surface area contributed by atoms with Gasteiger partial charge >= 0.3 is 0 Å². The lowest BCUT2D eigenvalue weighted by Crippen LogP contribution is -2.13. The van der Waals surface area contributed by atoms with Gasteiger partial charge in [0, 0.05) is 18.1 Å². The summed E-state index contributed by atoms with van der Waals surface area (Å²) < 4.78 is 0. The molecule has 5 heteroatoms. The van der Waals surface area contributed by atoms with Crippen LogP contribution < -0.4 is 5.32 Å². The van der Waals surface area contributed by atoms with Gasteiger partial charge in [0.1, 0.15) is 12.1 Å². The molecule has 0 aliphatic carbocycles. The van der Waals surface area contributed by atoms with Crippen molar-refractivity contribution in [2.24, 2.45) is 0 Å². The van der Waals surface area contributed by atoms with Crippen LogP contribution in [0.25, 0.3) is 0 Å². The van der Waals surface area contributed by atoms with Gasteiger partial charge in [0.25, 0.3) is 5.91 Å². The van der Waals surface area contributed by atoms with Crippen molar-refractivity contribution in [3.63, 3.8) is 0 Å². The number of phenols is 1. The molecule has 2 rings (SSSR count). The number of nitrogens with zero attached hydrogens (tertiary/aromatic N) is 2. The molecule has 2 N–H and O–H groups in total. The minimum Gasteiger partial charge on any atom is -0.508 e. The fourth-order valence-electron chi connectivity index (χ4n) is 1.55.